The van der Waals surface area contributed by atoms with Gasteiger partial charge in [-0.1, -0.05) is 13.3 Å². The van der Waals surface area contributed by atoms with Gasteiger partial charge in [-0.2, -0.15) is 5.10 Å². The van der Waals surface area contributed by atoms with Crippen LogP contribution in [-0.2, 0) is 11.3 Å². The van der Waals surface area contributed by atoms with Crippen LogP contribution in [-0.4, -0.2) is 28.5 Å². The zero-order valence-corrected chi connectivity index (χ0v) is 13.0. The first-order valence-corrected chi connectivity index (χ1v) is 7.46. The number of nitrogens with zero attached hydrogens (tertiary/aromatic N) is 2. The van der Waals surface area contributed by atoms with Crippen molar-refractivity contribution in [1.29, 1.82) is 0 Å². The number of aromatic nitrogens is 2. The van der Waals surface area contributed by atoms with Crippen molar-refractivity contribution in [3.05, 3.63) is 21.0 Å². The summed E-state index contributed by atoms with van der Waals surface area (Å²) in [6, 6.07) is 0. The minimum Gasteiger partial charge on any atom is -0.379 e. The molecule has 5 nitrogen and oxygen atoms in total. The first kappa shape index (κ1) is 14.5. The summed E-state index contributed by atoms with van der Waals surface area (Å²) in [6.07, 6.45) is 4.64. The monoisotopic (exact) mass is 329 g/mol. The third-order valence-corrected chi connectivity index (χ3v) is 4.13. The van der Waals surface area contributed by atoms with E-state index in [1.165, 1.54) is 4.68 Å². The van der Waals surface area contributed by atoms with E-state index in [4.69, 9.17) is 4.74 Å². The minimum absolute atomic E-state index is 0.0824. The molecule has 0 aromatic carbocycles. The molecule has 1 aliphatic heterocycles. The lowest BCUT2D eigenvalue weighted by molar-refractivity contribution is 0.185. The molecule has 19 heavy (non-hydrogen) atoms. The van der Waals surface area contributed by atoms with Crippen LogP contribution in [0.3, 0.4) is 0 Å². The van der Waals surface area contributed by atoms with Gasteiger partial charge in [-0.3, -0.25) is 4.79 Å². The van der Waals surface area contributed by atoms with Gasteiger partial charge in [0, 0.05) is 13.2 Å². The predicted octanol–water partition coefficient (Wildman–Crippen LogP) is 2.40. The minimum atomic E-state index is -0.119. The van der Waals surface area contributed by atoms with Gasteiger partial charge in [0.1, 0.15) is 4.47 Å². The molecular weight excluding hydrogens is 310 g/mol. The maximum Gasteiger partial charge on any atom is 0.283 e. The van der Waals surface area contributed by atoms with Crippen LogP contribution in [0.4, 0.5) is 5.69 Å². The van der Waals surface area contributed by atoms with Crippen molar-refractivity contribution in [2.24, 2.45) is 0 Å². The third-order valence-electron chi connectivity index (χ3n) is 3.36. The lowest BCUT2D eigenvalue weighted by Gasteiger charge is -2.25. The summed E-state index contributed by atoms with van der Waals surface area (Å²) in [6.45, 7) is 6.25. The largest absolute Gasteiger partial charge is 0.379 e. The molecular formula is C13H20BrN3O2. The zero-order chi connectivity index (χ0) is 13.9. The van der Waals surface area contributed by atoms with Gasteiger partial charge in [-0.25, -0.2) is 4.68 Å². The Morgan fingerprint density at radius 1 is 1.63 bits per heavy atom. The molecule has 1 saturated heterocycles. The Labute approximate surface area is 121 Å². The van der Waals surface area contributed by atoms with Crippen LogP contribution >= 0.6 is 15.9 Å². The highest BCUT2D eigenvalue weighted by molar-refractivity contribution is 9.10. The molecule has 1 aromatic rings. The molecule has 0 amide bonds. The highest BCUT2D eigenvalue weighted by Crippen LogP contribution is 2.26. The van der Waals surface area contributed by atoms with E-state index in [-0.39, 0.29) is 11.1 Å². The summed E-state index contributed by atoms with van der Waals surface area (Å²) in [5.41, 5.74) is 0.540. The molecule has 1 aromatic heterocycles. The lowest BCUT2D eigenvalue weighted by atomic mass is 10.0. The molecule has 2 heterocycles. The standard InChI is InChI=1S/C13H20BrN3O2/c1-3-4-6-17-12(18)11(14)10(8-15-17)16-13(2)5-7-19-9-13/h8,16H,3-7,9H2,1-2H3. The predicted molar refractivity (Wildman–Crippen MR) is 78.6 cm³/mol. The molecule has 1 unspecified atom stereocenters. The van der Waals surface area contributed by atoms with Crippen LogP contribution in [0.1, 0.15) is 33.1 Å². The SMILES string of the molecule is CCCCn1ncc(NC2(C)CCOC2)c(Br)c1=O. The van der Waals surface area contributed by atoms with Crippen molar-refractivity contribution in [2.45, 2.75) is 45.2 Å². The topological polar surface area (TPSA) is 56.1 Å². The summed E-state index contributed by atoms with van der Waals surface area (Å²) in [4.78, 5) is 12.2. The highest BCUT2D eigenvalue weighted by Gasteiger charge is 2.30. The first-order valence-electron chi connectivity index (χ1n) is 6.67. The fraction of sp³-hybridized carbons (Fsp3) is 0.692. The van der Waals surface area contributed by atoms with Gasteiger partial charge in [0.05, 0.1) is 24.0 Å². The molecule has 0 bridgehead atoms. The average molecular weight is 330 g/mol. The second-order valence-corrected chi connectivity index (χ2v) is 6.04. The lowest BCUT2D eigenvalue weighted by Crippen LogP contribution is -2.36. The summed E-state index contributed by atoms with van der Waals surface area (Å²) in [5.74, 6) is 0. The van der Waals surface area contributed by atoms with E-state index in [0.717, 1.165) is 31.6 Å². The van der Waals surface area contributed by atoms with Crippen LogP contribution in [0.2, 0.25) is 0 Å². The number of aryl methyl sites for hydroxylation is 1. The van der Waals surface area contributed by atoms with Gasteiger partial charge in [0.2, 0.25) is 0 Å². The Hall–Kier alpha value is -0.880. The summed E-state index contributed by atoms with van der Waals surface area (Å²) in [7, 11) is 0. The van der Waals surface area contributed by atoms with E-state index in [0.29, 0.717) is 17.6 Å². The molecule has 6 heteroatoms. The van der Waals surface area contributed by atoms with Gasteiger partial charge in [0.15, 0.2) is 0 Å². The van der Waals surface area contributed by atoms with Gasteiger partial charge in [-0.05, 0) is 35.7 Å². The van der Waals surface area contributed by atoms with Gasteiger partial charge in [-0.15, -0.1) is 0 Å². The van der Waals surface area contributed by atoms with E-state index in [2.05, 4.69) is 40.2 Å². The zero-order valence-electron chi connectivity index (χ0n) is 11.4. The Bertz CT molecular complexity index is 495. The molecule has 0 radical (unpaired) electrons. The van der Waals surface area contributed by atoms with E-state index in [9.17, 15) is 4.79 Å². The number of ether oxygens (including phenoxy) is 1. The molecule has 1 fully saturated rings. The van der Waals surface area contributed by atoms with Crippen LogP contribution in [0.5, 0.6) is 0 Å². The number of hydrogen-bond acceptors (Lipinski definition) is 4. The normalized spacial score (nSPS) is 22.7. The Morgan fingerprint density at radius 3 is 3.05 bits per heavy atom. The van der Waals surface area contributed by atoms with Crippen LogP contribution in [0, 0.1) is 0 Å². The molecule has 2 rings (SSSR count). The maximum absolute atomic E-state index is 12.2. The molecule has 1 aliphatic rings. The third kappa shape index (κ3) is 3.36. The number of halogens is 1. The Balaban J connectivity index is 2.18. The summed E-state index contributed by atoms with van der Waals surface area (Å²) < 4.78 is 7.45. The maximum atomic E-state index is 12.2. The quantitative estimate of drug-likeness (QED) is 0.901. The van der Waals surface area contributed by atoms with Gasteiger partial charge >= 0.3 is 0 Å². The molecule has 0 aliphatic carbocycles. The smallest absolute Gasteiger partial charge is 0.283 e. The number of unbranched alkanes of at least 4 members (excludes halogenated alkanes) is 1. The molecule has 0 spiro atoms. The average Bonchev–Trinajstić information content (AvgIpc) is 2.81. The van der Waals surface area contributed by atoms with Crippen LogP contribution in [0.15, 0.2) is 15.5 Å². The van der Waals surface area contributed by atoms with Crippen LogP contribution < -0.4 is 10.9 Å². The fourth-order valence-corrected chi connectivity index (χ4v) is 2.52. The van der Waals surface area contributed by atoms with E-state index in [1.807, 2.05) is 0 Å². The first-order chi connectivity index (χ1) is 9.06. The number of hydrogen-bond donors (Lipinski definition) is 1. The number of rotatable bonds is 5. The Morgan fingerprint density at radius 2 is 2.42 bits per heavy atom. The van der Waals surface area contributed by atoms with Crippen molar-refractivity contribution in [3.8, 4) is 0 Å². The highest BCUT2D eigenvalue weighted by atomic mass is 79.9. The molecule has 1 atom stereocenters. The second kappa shape index (κ2) is 6.05. The van der Waals surface area contributed by atoms with Gasteiger partial charge in [0.25, 0.3) is 5.56 Å². The molecule has 106 valence electrons. The molecule has 1 N–H and O–H groups in total. The van der Waals surface area contributed by atoms with Gasteiger partial charge < -0.3 is 10.1 Å². The second-order valence-electron chi connectivity index (χ2n) is 5.24. The van der Waals surface area contributed by atoms with E-state index < -0.39 is 0 Å². The van der Waals surface area contributed by atoms with E-state index in [1.54, 1.807) is 6.20 Å². The Kier molecular flexibility index (Phi) is 4.62. The van der Waals surface area contributed by atoms with Crippen molar-refractivity contribution in [1.82, 2.24) is 9.78 Å². The summed E-state index contributed by atoms with van der Waals surface area (Å²) in [5, 5.41) is 7.58. The number of nitrogens with one attached hydrogen (secondary N) is 1. The summed E-state index contributed by atoms with van der Waals surface area (Å²) >= 11 is 3.38. The van der Waals surface area contributed by atoms with Crippen molar-refractivity contribution >= 4 is 21.6 Å². The number of anilines is 1. The molecule has 0 saturated carbocycles. The fourth-order valence-electron chi connectivity index (χ4n) is 2.11. The van der Waals surface area contributed by atoms with E-state index >= 15 is 0 Å². The van der Waals surface area contributed by atoms with Crippen LogP contribution in [0.25, 0.3) is 0 Å². The van der Waals surface area contributed by atoms with Crippen molar-refractivity contribution < 1.29 is 4.74 Å². The van der Waals surface area contributed by atoms with Crippen molar-refractivity contribution in [3.63, 3.8) is 0 Å². The van der Waals surface area contributed by atoms with Crippen molar-refractivity contribution in [2.75, 3.05) is 18.5 Å².